The molecule has 4 rings (SSSR count). The van der Waals surface area contributed by atoms with Gasteiger partial charge in [-0.05, 0) is 72.1 Å². The van der Waals surface area contributed by atoms with Crippen LogP contribution in [0, 0.1) is 0 Å². The monoisotopic (exact) mass is 486 g/mol. The summed E-state index contributed by atoms with van der Waals surface area (Å²) in [4.78, 5) is 12.7. The average molecular weight is 487 g/mol. The molecule has 4 aromatic rings. The van der Waals surface area contributed by atoms with Crippen LogP contribution in [0.4, 0.5) is 11.4 Å². The molecule has 0 aliphatic heterocycles. The van der Waals surface area contributed by atoms with Crippen molar-refractivity contribution in [1.29, 1.82) is 0 Å². The summed E-state index contributed by atoms with van der Waals surface area (Å²) >= 11 is 0. The first-order chi connectivity index (χ1) is 16.9. The lowest BCUT2D eigenvalue weighted by atomic mass is 10.1. The Hall–Kier alpha value is -4.10. The summed E-state index contributed by atoms with van der Waals surface area (Å²) in [5.41, 5.74) is 3.49. The van der Waals surface area contributed by atoms with E-state index in [4.69, 9.17) is 4.74 Å². The van der Waals surface area contributed by atoms with Crippen LogP contribution in [0.1, 0.15) is 28.4 Å². The third-order valence-electron chi connectivity index (χ3n) is 5.38. The molecule has 0 saturated heterocycles. The van der Waals surface area contributed by atoms with Crippen LogP contribution in [0.25, 0.3) is 0 Å². The number of ether oxygens (including phenoxy) is 1. The molecule has 0 fully saturated rings. The molecule has 0 heterocycles. The number of benzene rings is 4. The van der Waals surface area contributed by atoms with E-state index in [0.717, 1.165) is 17.5 Å². The molecule has 0 atom stereocenters. The largest absolute Gasteiger partial charge is 0.489 e. The van der Waals surface area contributed by atoms with Crippen LogP contribution < -0.4 is 14.8 Å². The highest BCUT2D eigenvalue weighted by atomic mass is 32.2. The van der Waals surface area contributed by atoms with Gasteiger partial charge in [0.05, 0.1) is 4.90 Å². The minimum absolute atomic E-state index is 0.00381. The van der Waals surface area contributed by atoms with E-state index >= 15 is 0 Å². The van der Waals surface area contributed by atoms with Crippen molar-refractivity contribution in [3.63, 3.8) is 0 Å². The SMILES string of the molecule is CCc1ccc(NC(=O)c2cccc(S(=O)(=O)Nc3ccc(OCc4ccccc4)cc3)c2)cc1. The van der Waals surface area contributed by atoms with Gasteiger partial charge in [-0.3, -0.25) is 9.52 Å². The lowest BCUT2D eigenvalue weighted by molar-refractivity contribution is 0.102. The fourth-order valence-corrected chi connectivity index (χ4v) is 4.51. The second-order valence-electron chi connectivity index (χ2n) is 7.94. The molecule has 0 saturated carbocycles. The number of nitrogens with one attached hydrogen (secondary N) is 2. The zero-order valence-corrected chi connectivity index (χ0v) is 20.1. The van der Waals surface area contributed by atoms with Crippen LogP contribution in [0.2, 0.25) is 0 Å². The summed E-state index contributed by atoms with van der Waals surface area (Å²) in [7, 11) is -3.89. The molecule has 0 bridgehead atoms. The first-order valence-corrected chi connectivity index (χ1v) is 12.7. The molecule has 2 N–H and O–H groups in total. The van der Waals surface area contributed by atoms with E-state index in [1.165, 1.54) is 12.1 Å². The number of aryl methyl sites for hydroxylation is 1. The Kier molecular flexibility index (Phi) is 7.48. The number of hydrogen-bond donors (Lipinski definition) is 2. The van der Waals surface area contributed by atoms with Crippen molar-refractivity contribution in [3.05, 3.63) is 120 Å². The third kappa shape index (κ3) is 6.49. The fraction of sp³-hybridized carbons (Fsp3) is 0.107. The van der Waals surface area contributed by atoms with E-state index in [-0.39, 0.29) is 16.4 Å². The second-order valence-corrected chi connectivity index (χ2v) is 9.62. The molecule has 0 radical (unpaired) electrons. The molecule has 0 aliphatic carbocycles. The second kappa shape index (κ2) is 10.9. The zero-order valence-electron chi connectivity index (χ0n) is 19.3. The van der Waals surface area contributed by atoms with Gasteiger partial charge in [-0.25, -0.2) is 8.42 Å². The first kappa shape index (κ1) is 24.0. The van der Waals surface area contributed by atoms with Gasteiger partial charge in [-0.2, -0.15) is 0 Å². The number of amides is 1. The normalized spacial score (nSPS) is 11.0. The number of hydrogen-bond acceptors (Lipinski definition) is 4. The van der Waals surface area contributed by atoms with Crippen LogP contribution in [0.5, 0.6) is 5.75 Å². The molecule has 1 amide bonds. The Morgan fingerprint density at radius 1 is 0.771 bits per heavy atom. The highest BCUT2D eigenvalue weighted by Gasteiger charge is 2.17. The molecular formula is C28H26N2O4S. The Morgan fingerprint density at radius 2 is 1.46 bits per heavy atom. The van der Waals surface area contributed by atoms with Crippen molar-refractivity contribution >= 4 is 27.3 Å². The van der Waals surface area contributed by atoms with Gasteiger partial charge < -0.3 is 10.1 Å². The van der Waals surface area contributed by atoms with E-state index < -0.39 is 10.0 Å². The molecular weight excluding hydrogens is 460 g/mol. The molecule has 35 heavy (non-hydrogen) atoms. The predicted molar refractivity (Wildman–Crippen MR) is 138 cm³/mol. The first-order valence-electron chi connectivity index (χ1n) is 11.2. The van der Waals surface area contributed by atoms with Crippen LogP contribution >= 0.6 is 0 Å². The molecule has 0 unspecified atom stereocenters. The van der Waals surface area contributed by atoms with Gasteiger partial charge in [0.1, 0.15) is 12.4 Å². The van der Waals surface area contributed by atoms with Crippen molar-refractivity contribution < 1.29 is 17.9 Å². The maximum Gasteiger partial charge on any atom is 0.261 e. The molecule has 6 nitrogen and oxygen atoms in total. The maximum absolute atomic E-state index is 12.9. The summed E-state index contributed by atoms with van der Waals surface area (Å²) in [5, 5.41) is 2.80. The van der Waals surface area contributed by atoms with Crippen LogP contribution in [-0.4, -0.2) is 14.3 Å². The topological polar surface area (TPSA) is 84.5 Å². The molecule has 178 valence electrons. The van der Waals surface area contributed by atoms with Crippen molar-refractivity contribution in [2.45, 2.75) is 24.8 Å². The summed E-state index contributed by atoms with van der Waals surface area (Å²) in [6.45, 7) is 2.48. The van der Waals surface area contributed by atoms with Gasteiger partial charge in [0.25, 0.3) is 15.9 Å². The summed E-state index contributed by atoms with van der Waals surface area (Å²) in [5.74, 6) is 0.244. The quantitative estimate of drug-likeness (QED) is 0.309. The van der Waals surface area contributed by atoms with Crippen LogP contribution in [0.3, 0.4) is 0 Å². The third-order valence-corrected chi connectivity index (χ3v) is 6.76. The highest BCUT2D eigenvalue weighted by molar-refractivity contribution is 7.92. The lowest BCUT2D eigenvalue weighted by Crippen LogP contribution is -2.16. The van der Waals surface area contributed by atoms with Gasteiger partial charge in [-0.15, -0.1) is 0 Å². The van der Waals surface area contributed by atoms with Gasteiger partial charge in [0.2, 0.25) is 0 Å². The lowest BCUT2D eigenvalue weighted by Gasteiger charge is -2.11. The smallest absolute Gasteiger partial charge is 0.261 e. The molecule has 0 aliphatic rings. The van der Waals surface area contributed by atoms with Crippen LogP contribution in [0.15, 0.2) is 108 Å². The number of sulfonamides is 1. The summed E-state index contributed by atoms with van der Waals surface area (Å²) < 4.78 is 34.1. The van der Waals surface area contributed by atoms with E-state index in [9.17, 15) is 13.2 Å². The van der Waals surface area contributed by atoms with Crippen molar-refractivity contribution in [2.24, 2.45) is 0 Å². The number of rotatable bonds is 9. The number of anilines is 2. The summed E-state index contributed by atoms with van der Waals surface area (Å²) in [6, 6.07) is 29.9. The summed E-state index contributed by atoms with van der Waals surface area (Å²) in [6.07, 6.45) is 0.907. The van der Waals surface area contributed by atoms with Gasteiger partial charge in [-0.1, -0.05) is 55.5 Å². The minimum Gasteiger partial charge on any atom is -0.489 e. The van der Waals surface area contributed by atoms with Crippen molar-refractivity contribution in [3.8, 4) is 5.75 Å². The van der Waals surface area contributed by atoms with Gasteiger partial charge >= 0.3 is 0 Å². The number of carbonyl (C=O) groups excluding carboxylic acids is 1. The zero-order chi connectivity index (χ0) is 24.7. The maximum atomic E-state index is 12.9. The Morgan fingerprint density at radius 3 is 2.14 bits per heavy atom. The fourth-order valence-electron chi connectivity index (χ4n) is 3.41. The average Bonchev–Trinajstić information content (AvgIpc) is 2.89. The predicted octanol–water partition coefficient (Wildman–Crippen LogP) is 5.88. The Bertz CT molecular complexity index is 1390. The number of carbonyl (C=O) groups is 1. The van der Waals surface area contributed by atoms with E-state index in [1.54, 1.807) is 36.4 Å². The van der Waals surface area contributed by atoms with Gasteiger partial charge in [0, 0.05) is 16.9 Å². The van der Waals surface area contributed by atoms with Crippen molar-refractivity contribution in [2.75, 3.05) is 10.0 Å². The molecule has 0 spiro atoms. The minimum atomic E-state index is -3.89. The van der Waals surface area contributed by atoms with E-state index in [0.29, 0.717) is 23.7 Å². The standard InChI is InChI=1S/C28H26N2O4S/c1-2-21-11-13-24(14-12-21)29-28(31)23-9-6-10-27(19-23)35(32,33)30-25-15-17-26(18-16-25)34-20-22-7-4-3-5-8-22/h3-19,30H,2,20H2,1H3,(H,29,31). The Labute approximate surface area is 205 Å². The van der Waals surface area contributed by atoms with E-state index in [1.807, 2.05) is 54.6 Å². The molecule has 0 aromatic heterocycles. The highest BCUT2D eigenvalue weighted by Crippen LogP contribution is 2.21. The van der Waals surface area contributed by atoms with Gasteiger partial charge in [0.15, 0.2) is 0 Å². The molecule has 4 aromatic carbocycles. The van der Waals surface area contributed by atoms with E-state index in [2.05, 4.69) is 17.0 Å². The molecule has 7 heteroatoms. The Balaban J connectivity index is 1.41. The van der Waals surface area contributed by atoms with Crippen LogP contribution in [-0.2, 0) is 23.1 Å². The van der Waals surface area contributed by atoms with Crippen molar-refractivity contribution in [1.82, 2.24) is 0 Å².